The Balaban J connectivity index is 1.79. The van der Waals surface area contributed by atoms with Gasteiger partial charge in [0.1, 0.15) is 18.4 Å². The third-order valence-corrected chi connectivity index (χ3v) is 8.99. The van der Waals surface area contributed by atoms with Crippen LogP contribution >= 0.6 is 0 Å². The van der Waals surface area contributed by atoms with Gasteiger partial charge in [-0.2, -0.15) is 0 Å². The molecule has 44 heavy (non-hydrogen) atoms. The molecule has 0 aliphatic carbocycles. The molecule has 4 aromatic rings. The van der Waals surface area contributed by atoms with E-state index in [-0.39, 0.29) is 29.7 Å². The lowest BCUT2D eigenvalue weighted by atomic mass is 10.0. The number of para-hydroxylation sites is 1. The van der Waals surface area contributed by atoms with Crippen LogP contribution in [0.2, 0.25) is 0 Å². The highest BCUT2D eigenvalue weighted by molar-refractivity contribution is 7.92. The molecule has 0 saturated heterocycles. The molecular weight excluding hydrogens is 577 g/mol. The van der Waals surface area contributed by atoms with Crippen LogP contribution in [0.1, 0.15) is 30.5 Å². The summed E-state index contributed by atoms with van der Waals surface area (Å²) in [6.07, 6.45) is 0.202. The van der Waals surface area contributed by atoms with Gasteiger partial charge in [0.2, 0.25) is 11.8 Å². The Hall–Kier alpha value is -4.50. The van der Waals surface area contributed by atoms with Gasteiger partial charge >= 0.3 is 0 Å². The normalized spacial score (nSPS) is 12.0. The number of hydrogen-bond acceptors (Lipinski definition) is 4. The standard InChI is InChI=1S/C35H38FN3O4S/c1-26(2)23-37-35(41)33(22-28-13-6-4-7-14-28)38(24-29-18-20-30(36)21-19-29)34(40)25-39(32-17-11-10-12-27(32)3)44(42,43)31-15-8-5-9-16-31/h4-21,26,33H,22-25H2,1-3H3,(H,37,41). The smallest absolute Gasteiger partial charge is 0.264 e. The summed E-state index contributed by atoms with van der Waals surface area (Å²) in [6, 6.07) is 29.0. The molecule has 0 spiro atoms. The van der Waals surface area contributed by atoms with Crippen molar-refractivity contribution >= 4 is 27.5 Å². The van der Waals surface area contributed by atoms with Crippen molar-refractivity contribution < 1.29 is 22.4 Å². The molecule has 0 bridgehead atoms. The predicted octanol–water partition coefficient (Wildman–Crippen LogP) is 5.74. The minimum atomic E-state index is -4.17. The largest absolute Gasteiger partial charge is 0.354 e. The van der Waals surface area contributed by atoms with Crippen LogP contribution in [0.25, 0.3) is 0 Å². The number of amides is 2. The van der Waals surface area contributed by atoms with Gasteiger partial charge in [-0.1, -0.05) is 92.7 Å². The summed E-state index contributed by atoms with van der Waals surface area (Å²) in [4.78, 5) is 29.6. The van der Waals surface area contributed by atoms with E-state index in [0.717, 1.165) is 9.87 Å². The Morgan fingerprint density at radius 1 is 0.795 bits per heavy atom. The Morgan fingerprint density at radius 3 is 2.00 bits per heavy atom. The van der Waals surface area contributed by atoms with Crippen LogP contribution in [0.5, 0.6) is 0 Å². The molecule has 0 aliphatic rings. The molecule has 1 N–H and O–H groups in total. The maximum atomic E-state index is 14.4. The summed E-state index contributed by atoms with van der Waals surface area (Å²) in [5, 5.41) is 2.96. The zero-order chi connectivity index (χ0) is 31.7. The van der Waals surface area contributed by atoms with E-state index in [2.05, 4.69) is 5.32 Å². The van der Waals surface area contributed by atoms with Crippen molar-refractivity contribution in [2.24, 2.45) is 5.92 Å². The summed E-state index contributed by atoms with van der Waals surface area (Å²) in [7, 11) is -4.17. The second kappa shape index (κ2) is 14.8. The minimum Gasteiger partial charge on any atom is -0.354 e. The molecule has 2 amide bonds. The van der Waals surface area contributed by atoms with Crippen LogP contribution < -0.4 is 9.62 Å². The summed E-state index contributed by atoms with van der Waals surface area (Å²) in [5.74, 6) is -1.18. The molecule has 0 saturated carbocycles. The molecule has 4 aromatic carbocycles. The highest BCUT2D eigenvalue weighted by Crippen LogP contribution is 2.27. The summed E-state index contributed by atoms with van der Waals surface area (Å²) >= 11 is 0. The van der Waals surface area contributed by atoms with Gasteiger partial charge in [0.25, 0.3) is 10.0 Å². The number of halogens is 1. The van der Waals surface area contributed by atoms with Gasteiger partial charge in [-0.25, -0.2) is 12.8 Å². The maximum Gasteiger partial charge on any atom is 0.264 e. The SMILES string of the molecule is Cc1ccccc1N(CC(=O)N(Cc1ccc(F)cc1)C(Cc1ccccc1)C(=O)NCC(C)C)S(=O)(=O)c1ccccc1. The first-order valence-corrected chi connectivity index (χ1v) is 16.0. The second-order valence-electron chi connectivity index (χ2n) is 11.1. The molecule has 0 heterocycles. The number of sulfonamides is 1. The third kappa shape index (κ3) is 8.32. The predicted molar refractivity (Wildman–Crippen MR) is 171 cm³/mol. The maximum absolute atomic E-state index is 14.4. The zero-order valence-electron chi connectivity index (χ0n) is 25.2. The van der Waals surface area contributed by atoms with Crippen LogP contribution in [-0.4, -0.2) is 44.3 Å². The molecular formula is C35H38FN3O4S. The highest BCUT2D eigenvalue weighted by Gasteiger charge is 2.35. The minimum absolute atomic E-state index is 0.0291. The summed E-state index contributed by atoms with van der Waals surface area (Å²) in [5.41, 5.74) is 2.46. The fourth-order valence-electron chi connectivity index (χ4n) is 4.84. The zero-order valence-corrected chi connectivity index (χ0v) is 26.0. The molecule has 9 heteroatoms. The average molecular weight is 616 g/mol. The van der Waals surface area contributed by atoms with Crippen molar-refractivity contribution in [1.29, 1.82) is 0 Å². The van der Waals surface area contributed by atoms with Crippen LogP contribution in [0.4, 0.5) is 10.1 Å². The number of anilines is 1. The number of carbonyl (C=O) groups is 2. The van der Waals surface area contributed by atoms with E-state index in [0.29, 0.717) is 23.4 Å². The van der Waals surface area contributed by atoms with Crippen LogP contribution in [0.15, 0.2) is 114 Å². The van der Waals surface area contributed by atoms with Crippen LogP contribution in [0.3, 0.4) is 0 Å². The Morgan fingerprint density at radius 2 is 1.39 bits per heavy atom. The van der Waals surface area contributed by atoms with Crippen LogP contribution in [-0.2, 0) is 32.6 Å². The lowest BCUT2D eigenvalue weighted by molar-refractivity contribution is -0.140. The fourth-order valence-corrected chi connectivity index (χ4v) is 6.34. The van der Waals surface area contributed by atoms with E-state index in [1.54, 1.807) is 61.5 Å². The van der Waals surface area contributed by atoms with Crippen molar-refractivity contribution in [2.45, 2.75) is 44.7 Å². The average Bonchev–Trinajstić information content (AvgIpc) is 3.02. The lowest BCUT2D eigenvalue weighted by Crippen LogP contribution is -2.53. The first-order valence-electron chi connectivity index (χ1n) is 14.5. The Bertz CT molecular complexity index is 1650. The van der Waals surface area contributed by atoms with Gasteiger partial charge < -0.3 is 10.2 Å². The van der Waals surface area contributed by atoms with E-state index in [1.807, 2.05) is 44.2 Å². The fraction of sp³-hybridized carbons (Fsp3) is 0.257. The molecule has 0 radical (unpaired) electrons. The Labute approximate surface area is 259 Å². The molecule has 7 nitrogen and oxygen atoms in total. The van der Waals surface area contributed by atoms with Gasteiger partial charge in [-0.15, -0.1) is 0 Å². The van der Waals surface area contributed by atoms with Crippen molar-refractivity contribution in [1.82, 2.24) is 10.2 Å². The van der Waals surface area contributed by atoms with Crippen LogP contribution in [0, 0.1) is 18.7 Å². The number of nitrogens with zero attached hydrogens (tertiary/aromatic N) is 2. The van der Waals surface area contributed by atoms with E-state index >= 15 is 0 Å². The van der Waals surface area contributed by atoms with Gasteiger partial charge in [0.05, 0.1) is 10.6 Å². The van der Waals surface area contributed by atoms with E-state index in [1.165, 1.54) is 29.2 Å². The molecule has 230 valence electrons. The number of hydrogen-bond donors (Lipinski definition) is 1. The molecule has 1 unspecified atom stereocenters. The highest BCUT2D eigenvalue weighted by atomic mass is 32.2. The number of benzene rings is 4. The van der Waals surface area contributed by atoms with Crippen molar-refractivity contribution in [3.05, 3.63) is 132 Å². The molecule has 0 aromatic heterocycles. The Kier molecular flexibility index (Phi) is 10.9. The lowest BCUT2D eigenvalue weighted by Gasteiger charge is -2.34. The van der Waals surface area contributed by atoms with Crippen molar-refractivity contribution in [2.75, 3.05) is 17.4 Å². The first kappa shape index (κ1) is 32.4. The van der Waals surface area contributed by atoms with Gasteiger partial charge in [-0.05, 0) is 59.9 Å². The summed E-state index contributed by atoms with van der Waals surface area (Å²) in [6.45, 7) is 5.55. The van der Waals surface area contributed by atoms with Gasteiger partial charge in [0, 0.05) is 19.5 Å². The van der Waals surface area contributed by atoms with E-state index < -0.39 is 34.3 Å². The molecule has 1 atom stereocenters. The molecule has 0 aliphatic heterocycles. The van der Waals surface area contributed by atoms with E-state index in [9.17, 15) is 22.4 Å². The number of nitrogens with one attached hydrogen (secondary N) is 1. The number of rotatable bonds is 13. The molecule has 4 rings (SSSR count). The quantitative estimate of drug-likeness (QED) is 0.208. The first-order chi connectivity index (χ1) is 21.1. The molecule has 0 fully saturated rings. The summed E-state index contributed by atoms with van der Waals surface area (Å²) < 4.78 is 43.0. The monoisotopic (exact) mass is 615 g/mol. The number of aryl methyl sites for hydroxylation is 1. The third-order valence-electron chi connectivity index (χ3n) is 7.22. The van der Waals surface area contributed by atoms with Gasteiger partial charge in [0.15, 0.2) is 0 Å². The van der Waals surface area contributed by atoms with E-state index in [4.69, 9.17) is 0 Å². The van der Waals surface area contributed by atoms with Crippen molar-refractivity contribution in [3.8, 4) is 0 Å². The second-order valence-corrected chi connectivity index (χ2v) is 13.0. The number of carbonyl (C=O) groups excluding carboxylic acids is 2. The van der Waals surface area contributed by atoms with Crippen molar-refractivity contribution in [3.63, 3.8) is 0 Å². The van der Waals surface area contributed by atoms with Gasteiger partial charge in [-0.3, -0.25) is 13.9 Å². The topological polar surface area (TPSA) is 86.8 Å².